The molecule has 0 radical (unpaired) electrons. The maximum absolute atomic E-state index is 13.4. The van der Waals surface area contributed by atoms with Crippen LogP contribution in [0.1, 0.15) is 129 Å². The zero-order valence-corrected chi connectivity index (χ0v) is 36.6. The number of aromatic nitrogens is 8. The van der Waals surface area contributed by atoms with E-state index in [1.54, 1.807) is 9.59 Å². The fraction of sp³-hybridized carbons (Fsp3) is 0.830. The summed E-state index contributed by atoms with van der Waals surface area (Å²) in [6, 6.07) is 0. The van der Waals surface area contributed by atoms with Gasteiger partial charge in [0.25, 0.3) is 6.43 Å². The minimum absolute atomic E-state index is 0.265. The summed E-state index contributed by atoms with van der Waals surface area (Å²) < 4.78 is 26.8. The molecule has 16 atom stereocenters. The summed E-state index contributed by atoms with van der Waals surface area (Å²) in [5.74, 6) is 10.6. The Morgan fingerprint density at radius 1 is 0.667 bits per heavy atom. The monoisotopic (exact) mass is 849 g/mol. The largest absolute Gasteiger partial charge is 0.384 e. The predicted octanol–water partition coefficient (Wildman–Crippen LogP) is 8.92. The first-order valence-electron chi connectivity index (χ1n) is 23.4. The number of alkyl halides is 2. The number of fused-ring (bicyclic) bond motifs is 10. The number of aliphatic hydroxyl groups is 2. The molecule has 10 nitrogen and oxygen atoms in total. The average Bonchev–Trinajstić information content (AvgIpc) is 4.05. The van der Waals surface area contributed by atoms with Crippen LogP contribution in [0.3, 0.4) is 0 Å². The van der Waals surface area contributed by atoms with Crippen LogP contribution in [-0.2, 0) is 13.1 Å². The lowest BCUT2D eigenvalue weighted by Gasteiger charge is -2.57. The molecular formula is C47H67ClF2N8O2. The van der Waals surface area contributed by atoms with Crippen LogP contribution < -0.4 is 0 Å². The smallest absolute Gasteiger partial charge is 0.266 e. The molecule has 8 saturated carbocycles. The molecule has 10 rings (SSSR count). The van der Waals surface area contributed by atoms with Crippen LogP contribution in [-0.4, -0.2) is 68.3 Å². The Kier molecular flexibility index (Phi) is 11.6. The number of allylic oxidation sites excluding steroid dienone is 2. The molecule has 60 heavy (non-hydrogen) atoms. The van der Waals surface area contributed by atoms with Gasteiger partial charge in [0.2, 0.25) is 0 Å². The van der Waals surface area contributed by atoms with Crippen molar-refractivity contribution in [2.45, 2.75) is 160 Å². The van der Waals surface area contributed by atoms with Crippen molar-refractivity contribution < 1.29 is 19.0 Å². The molecule has 0 spiro atoms. The number of tetrazole rings is 2. The van der Waals surface area contributed by atoms with E-state index in [1.807, 2.05) is 0 Å². The first kappa shape index (κ1) is 42.5. The normalized spacial score (nSPS) is 45.3. The van der Waals surface area contributed by atoms with E-state index in [4.69, 9.17) is 11.6 Å². The van der Waals surface area contributed by atoms with E-state index in [2.05, 4.69) is 69.1 Å². The predicted molar refractivity (Wildman–Crippen MR) is 225 cm³/mol. The van der Waals surface area contributed by atoms with Crippen LogP contribution in [0.4, 0.5) is 8.78 Å². The van der Waals surface area contributed by atoms with Gasteiger partial charge in [-0.15, -0.1) is 20.4 Å². The molecule has 2 aromatic rings. The minimum atomic E-state index is -2.62. The Bertz CT molecular complexity index is 1920. The molecule has 2 aromatic heterocycles. The van der Waals surface area contributed by atoms with E-state index in [0.29, 0.717) is 66.4 Å². The number of hydrogen-bond acceptors (Lipinski definition) is 8. The highest BCUT2D eigenvalue weighted by atomic mass is 35.5. The van der Waals surface area contributed by atoms with Gasteiger partial charge in [-0.05, 0) is 219 Å². The summed E-state index contributed by atoms with van der Waals surface area (Å²) in [6.45, 7) is 15.2. The molecule has 0 aromatic carbocycles. The quantitative estimate of drug-likeness (QED) is 0.209. The Morgan fingerprint density at radius 3 is 1.62 bits per heavy atom. The van der Waals surface area contributed by atoms with Gasteiger partial charge in [-0.3, -0.25) is 0 Å². The van der Waals surface area contributed by atoms with Crippen molar-refractivity contribution in [2.75, 3.05) is 0 Å². The number of rotatable bonds is 7. The summed E-state index contributed by atoms with van der Waals surface area (Å²) in [5, 5.41) is 47.7. The molecule has 0 bridgehead atoms. The van der Waals surface area contributed by atoms with Gasteiger partial charge >= 0.3 is 0 Å². The molecule has 0 amide bonds. The van der Waals surface area contributed by atoms with Crippen LogP contribution in [0.5, 0.6) is 0 Å². The van der Waals surface area contributed by atoms with Gasteiger partial charge in [0.15, 0.2) is 12.7 Å². The van der Waals surface area contributed by atoms with E-state index in [-0.39, 0.29) is 17.8 Å². The highest BCUT2D eigenvalue weighted by Crippen LogP contribution is 2.67. The second-order valence-corrected chi connectivity index (χ2v) is 21.8. The van der Waals surface area contributed by atoms with E-state index < -0.39 is 17.6 Å². The number of halogens is 3. The third-order valence-electron chi connectivity index (χ3n) is 19.2. The van der Waals surface area contributed by atoms with E-state index in [1.165, 1.54) is 88.0 Å². The van der Waals surface area contributed by atoms with E-state index in [9.17, 15) is 19.0 Å². The summed E-state index contributed by atoms with van der Waals surface area (Å²) in [5.41, 5.74) is 0.500. The van der Waals surface area contributed by atoms with Gasteiger partial charge in [-0.25, -0.2) is 8.78 Å². The van der Waals surface area contributed by atoms with Crippen molar-refractivity contribution in [1.82, 2.24) is 40.4 Å². The Balaban J connectivity index is 0.000000154. The average molecular weight is 850 g/mol. The molecule has 2 N–H and O–H groups in total. The van der Waals surface area contributed by atoms with Gasteiger partial charge in [0, 0.05) is 5.38 Å². The molecule has 2 heterocycles. The van der Waals surface area contributed by atoms with E-state index >= 15 is 0 Å². The zero-order valence-electron chi connectivity index (χ0n) is 35.8. The van der Waals surface area contributed by atoms with Crippen molar-refractivity contribution in [1.29, 1.82) is 0 Å². The SMILES string of the molecule is C=C(Cn1ncnn1)[C@H]1CC[C@H]2[C@@H]3CC[C@H]4C[C@](O)(C#CCl)CC[C@@H]4[C@H]3CC[C@]12C.C=C(Cn1ncnn1)[C@H]1CC[C@H]2[C@@H]3CC[C@H]4C[C@](O)(C(F)F)CC[C@@H]4[C@H]3CC[C@]12C. The first-order valence-corrected chi connectivity index (χ1v) is 23.8. The van der Waals surface area contributed by atoms with Gasteiger partial charge in [0.1, 0.15) is 11.2 Å². The Labute approximate surface area is 360 Å². The van der Waals surface area contributed by atoms with Crippen LogP contribution in [0.2, 0.25) is 0 Å². The summed E-state index contributed by atoms with van der Waals surface area (Å²) >= 11 is 5.63. The molecule has 0 saturated heterocycles. The molecule has 13 heteroatoms. The lowest BCUT2D eigenvalue weighted by molar-refractivity contribution is -0.159. The summed E-state index contributed by atoms with van der Waals surface area (Å²) in [6.07, 6.45) is 19.0. The van der Waals surface area contributed by atoms with Crippen molar-refractivity contribution in [3.63, 3.8) is 0 Å². The third kappa shape index (κ3) is 7.50. The van der Waals surface area contributed by atoms with Crippen molar-refractivity contribution >= 4 is 11.6 Å². The molecule has 328 valence electrons. The molecule has 8 aliphatic carbocycles. The molecular weight excluding hydrogens is 782 g/mol. The Morgan fingerprint density at radius 2 is 1.15 bits per heavy atom. The zero-order chi connectivity index (χ0) is 42.0. The number of nitrogens with zero attached hydrogens (tertiary/aromatic N) is 8. The molecule has 8 aliphatic rings. The van der Waals surface area contributed by atoms with Gasteiger partial charge < -0.3 is 10.2 Å². The van der Waals surface area contributed by atoms with Gasteiger partial charge in [-0.2, -0.15) is 9.59 Å². The van der Waals surface area contributed by atoms with Crippen LogP contribution in [0, 0.1) is 93.1 Å². The van der Waals surface area contributed by atoms with Crippen LogP contribution >= 0.6 is 11.6 Å². The maximum Gasteiger partial charge on any atom is 0.266 e. The second-order valence-electron chi connectivity index (χ2n) is 21.6. The number of hydrogen-bond donors (Lipinski definition) is 2. The second kappa shape index (κ2) is 16.4. The summed E-state index contributed by atoms with van der Waals surface area (Å²) in [4.78, 5) is 3.30. The van der Waals surface area contributed by atoms with Gasteiger partial charge in [-0.1, -0.05) is 44.1 Å². The Hall–Kier alpha value is -2.75. The lowest BCUT2D eigenvalue weighted by Crippen LogP contribution is -2.52. The molecule has 0 unspecified atom stereocenters. The summed E-state index contributed by atoms with van der Waals surface area (Å²) in [7, 11) is 0. The fourth-order valence-electron chi connectivity index (χ4n) is 16.6. The van der Waals surface area contributed by atoms with Crippen LogP contribution in [0.25, 0.3) is 0 Å². The van der Waals surface area contributed by atoms with E-state index in [0.717, 1.165) is 62.2 Å². The first-order chi connectivity index (χ1) is 28.7. The maximum atomic E-state index is 13.4. The van der Waals surface area contributed by atoms with Crippen LogP contribution in [0.15, 0.2) is 37.0 Å². The standard InChI is InChI=1S/C24H33ClN4O.C23H34F2N4O/c1-16(14-29-27-15-26-28-29)21-5-6-22-20-4-3-17-13-24(30,11-12-25)10-8-18(17)19(20)7-9-23(21,22)2;1-14(12-29-27-13-26-28-29)19-5-6-20-18-4-3-15-11-23(30,21(24)25)10-8-16(15)17(18)7-9-22(19,20)2/h15,17-22,30H,1,3-10,13-14H2,2H3;13,15-21,30H,1,3-12H2,2H3/t17-,18-,19+,20+,21+,22-,23+,24+;15-,16-,17+,18+,19+,20-,22+,23-/m00/s1. The molecule has 0 aliphatic heterocycles. The van der Waals surface area contributed by atoms with Crippen molar-refractivity contribution in [3.8, 4) is 11.3 Å². The topological polar surface area (TPSA) is 128 Å². The van der Waals surface area contributed by atoms with Gasteiger partial charge in [0.05, 0.1) is 13.1 Å². The lowest BCUT2D eigenvalue weighted by atomic mass is 9.48. The highest BCUT2D eigenvalue weighted by molar-refractivity contribution is 6.30. The fourth-order valence-corrected chi connectivity index (χ4v) is 16.8. The third-order valence-corrected chi connectivity index (χ3v) is 19.3. The molecule has 8 fully saturated rings. The minimum Gasteiger partial charge on any atom is -0.384 e. The highest BCUT2D eigenvalue weighted by Gasteiger charge is 2.60. The van der Waals surface area contributed by atoms with Crippen molar-refractivity contribution in [3.05, 3.63) is 37.0 Å². The van der Waals surface area contributed by atoms with Crippen molar-refractivity contribution in [2.24, 2.45) is 81.8 Å².